The number of hydrogen-bond donors (Lipinski definition) is 1. The number of anilines is 1. The maximum Gasteiger partial charge on any atom is 0.134 e. The van der Waals surface area contributed by atoms with Crippen molar-refractivity contribution in [3.8, 4) is 22.9 Å². The summed E-state index contributed by atoms with van der Waals surface area (Å²) in [5, 5.41) is 23.6. The highest BCUT2D eigenvalue weighted by Crippen LogP contribution is 2.31. The summed E-state index contributed by atoms with van der Waals surface area (Å²) in [5.74, 6) is -0.209. The molecule has 0 bridgehead atoms. The van der Waals surface area contributed by atoms with Crippen LogP contribution in [0.25, 0.3) is 16.6 Å². The second kappa shape index (κ2) is 8.48. The highest BCUT2D eigenvalue weighted by atomic mass is 19.1. The van der Waals surface area contributed by atoms with Gasteiger partial charge in [-0.05, 0) is 30.3 Å². The SMILES string of the molecule is N#Cc1cnn2cc(O)cc(-c3ccc(N4CCN(Cc5c(F)cccc5F)CC4)nc3)c12. The summed E-state index contributed by atoms with van der Waals surface area (Å²) in [5.41, 5.74) is 2.54. The van der Waals surface area contributed by atoms with Gasteiger partial charge in [0.2, 0.25) is 0 Å². The van der Waals surface area contributed by atoms with E-state index in [2.05, 4.69) is 21.1 Å². The Morgan fingerprint density at radius 2 is 1.79 bits per heavy atom. The van der Waals surface area contributed by atoms with Gasteiger partial charge in [0.15, 0.2) is 0 Å². The molecule has 0 atom stereocenters. The van der Waals surface area contributed by atoms with E-state index in [1.54, 1.807) is 12.3 Å². The number of fused-ring (bicyclic) bond motifs is 1. The first-order chi connectivity index (χ1) is 16.0. The van der Waals surface area contributed by atoms with Crippen molar-refractivity contribution < 1.29 is 13.9 Å². The fourth-order valence-corrected chi connectivity index (χ4v) is 4.18. The van der Waals surface area contributed by atoms with Gasteiger partial charge in [0.1, 0.15) is 29.3 Å². The lowest BCUT2D eigenvalue weighted by Gasteiger charge is -2.35. The van der Waals surface area contributed by atoms with Crippen LogP contribution in [0.4, 0.5) is 14.6 Å². The lowest BCUT2D eigenvalue weighted by molar-refractivity contribution is 0.242. The molecule has 1 fully saturated rings. The normalized spacial score (nSPS) is 14.5. The van der Waals surface area contributed by atoms with E-state index in [1.807, 2.05) is 17.0 Å². The highest BCUT2D eigenvalue weighted by Gasteiger charge is 2.21. The molecule has 9 heteroatoms. The summed E-state index contributed by atoms with van der Waals surface area (Å²) in [6.07, 6.45) is 4.63. The lowest BCUT2D eigenvalue weighted by atomic mass is 10.1. The van der Waals surface area contributed by atoms with Gasteiger partial charge in [0.05, 0.1) is 23.5 Å². The topological polar surface area (TPSA) is 80.7 Å². The van der Waals surface area contributed by atoms with E-state index >= 15 is 0 Å². The van der Waals surface area contributed by atoms with E-state index in [4.69, 9.17) is 0 Å². The molecule has 1 aromatic carbocycles. The third-order valence-electron chi connectivity index (χ3n) is 5.92. The fraction of sp³-hybridized carbons (Fsp3) is 0.208. The maximum atomic E-state index is 13.9. The number of rotatable bonds is 4. The van der Waals surface area contributed by atoms with Gasteiger partial charge in [0.25, 0.3) is 0 Å². The van der Waals surface area contributed by atoms with Crippen molar-refractivity contribution in [2.75, 3.05) is 31.1 Å². The van der Waals surface area contributed by atoms with Crippen molar-refractivity contribution >= 4 is 11.3 Å². The zero-order valence-electron chi connectivity index (χ0n) is 17.6. The molecule has 1 N–H and O–H groups in total. The van der Waals surface area contributed by atoms with Gasteiger partial charge in [-0.2, -0.15) is 10.4 Å². The van der Waals surface area contributed by atoms with Crippen molar-refractivity contribution in [2.24, 2.45) is 0 Å². The number of hydrogen-bond acceptors (Lipinski definition) is 6. The van der Waals surface area contributed by atoms with Gasteiger partial charge in [-0.15, -0.1) is 0 Å². The number of aromatic hydroxyl groups is 1. The van der Waals surface area contributed by atoms with E-state index in [0.717, 1.165) is 11.4 Å². The molecule has 4 heterocycles. The molecule has 0 amide bonds. The van der Waals surface area contributed by atoms with Crippen molar-refractivity contribution in [2.45, 2.75) is 6.54 Å². The van der Waals surface area contributed by atoms with E-state index in [1.165, 1.54) is 35.1 Å². The van der Waals surface area contributed by atoms with Crippen LogP contribution in [-0.4, -0.2) is 50.8 Å². The van der Waals surface area contributed by atoms with Gasteiger partial charge < -0.3 is 10.0 Å². The number of nitrogens with zero attached hydrogens (tertiary/aromatic N) is 6. The minimum absolute atomic E-state index is 0.0385. The summed E-state index contributed by atoms with van der Waals surface area (Å²) < 4.78 is 29.4. The molecule has 0 unspecified atom stereocenters. The molecule has 4 aromatic rings. The predicted molar refractivity (Wildman–Crippen MR) is 119 cm³/mol. The van der Waals surface area contributed by atoms with Crippen molar-refractivity contribution in [1.82, 2.24) is 19.5 Å². The van der Waals surface area contributed by atoms with E-state index in [9.17, 15) is 19.1 Å². The third kappa shape index (κ3) is 3.97. The first-order valence-electron chi connectivity index (χ1n) is 10.5. The summed E-state index contributed by atoms with van der Waals surface area (Å²) in [7, 11) is 0. The average Bonchev–Trinajstić information content (AvgIpc) is 3.24. The summed E-state index contributed by atoms with van der Waals surface area (Å²) >= 11 is 0. The molecule has 1 aliphatic rings. The van der Waals surface area contributed by atoms with Gasteiger partial charge in [0, 0.05) is 55.6 Å². The molecule has 5 rings (SSSR count). The Bertz CT molecular complexity index is 1330. The molecule has 0 aliphatic carbocycles. The minimum atomic E-state index is -0.520. The molecule has 3 aromatic heterocycles. The molecule has 1 saturated heterocycles. The van der Waals surface area contributed by atoms with Crippen LogP contribution in [0.15, 0.2) is 55.0 Å². The zero-order valence-corrected chi connectivity index (χ0v) is 17.6. The molecule has 166 valence electrons. The molecule has 1 aliphatic heterocycles. The molecule has 0 radical (unpaired) electrons. The van der Waals surface area contributed by atoms with Gasteiger partial charge in [-0.1, -0.05) is 6.07 Å². The van der Waals surface area contributed by atoms with Crippen LogP contribution < -0.4 is 4.90 Å². The number of benzene rings is 1. The predicted octanol–water partition coefficient (Wildman–Crippen LogP) is 3.57. The quantitative estimate of drug-likeness (QED) is 0.516. The van der Waals surface area contributed by atoms with Crippen molar-refractivity contribution in [3.05, 3.63) is 77.8 Å². The molecule has 0 spiro atoms. The summed E-state index contributed by atoms with van der Waals surface area (Å²) in [4.78, 5) is 8.73. The number of aromatic nitrogens is 3. The first-order valence-corrected chi connectivity index (χ1v) is 10.5. The average molecular weight is 446 g/mol. The molecular weight excluding hydrogens is 426 g/mol. The van der Waals surface area contributed by atoms with Gasteiger partial charge in [-0.3, -0.25) is 4.90 Å². The second-order valence-electron chi connectivity index (χ2n) is 7.94. The first kappa shape index (κ1) is 20.8. The fourth-order valence-electron chi connectivity index (χ4n) is 4.18. The standard InChI is InChI=1S/C24H20F2N6O/c25-21-2-1-3-22(26)20(21)15-30-6-8-31(9-7-30)23-5-4-16(12-28-23)19-10-18(33)14-32-24(19)17(11-27)13-29-32/h1-5,10,12-14,33H,6-9,15H2. The minimum Gasteiger partial charge on any atom is -0.506 e. The third-order valence-corrected chi connectivity index (χ3v) is 5.92. The molecule has 7 nitrogen and oxygen atoms in total. The van der Waals surface area contributed by atoms with E-state index in [0.29, 0.717) is 42.8 Å². The van der Waals surface area contributed by atoms with Crippen LogP contribution in [0.5, 0.6) is 5.75 Å². The smallest absolute Gasteiger partial charge is 0.134 e. The summed E-state index contributed by atoms with van der Waals surface area (Å²) in [6, 6.07) is 11.4. The molecule has 33 heavy (non-hydrogen) atoms. The summed E-state index contributed by atoms with van der Waals surface area (Å²) in [6.45, 7) is 2.91. The number of pyridine rings is 2. The van der Waals surface area contributed by atoms with E-state index in [-0.39, 0.29) is 17.9 Å². The van der Waals surface area contributed by atoms with Crippen LogP contribution in [0, 0.1) is 23.0 Å². The Morgan fingerprint density at radius 3 is 2.45 bits per heavy atom. The lowest BCUT2D eigenvalue weighted by Crippen LogP contribution is -2.46. The maximum absolute atomic E-state index is 13.9. The van der Waals surface area contributed by atoms with Gasteiger partial charge in [-0.25, -0.2) is 18.3 Å². The van der Waals surface area contributed by atoms with E-state index < -0.39 is 11.6 Å². The van der Waals surface area contributed by atoms with Crippen LogP contribution in [-0.2, 0) is 6.54 Å². The largest absolute Gasteiger partial charge is 0.506 e. The Hall–Kier alpha value is -4.03. The molecular formula is C24H20F2N6O. The Morgan fingerprint density at radius 1 is 1.03 bits per heavy atom. The number of piperazine rings is 1. The van der Waals surface area contributed by atoms with Crippen LogP contribution >= 0.6 is 0 Å². The van der Waals surface area contributed by atoms with Crippen LogP contribution in [0.1, 0.15) is 11.1 Å². The Labute approximate surface area is 188 Å². The number of nitriles is 1. The van der Waals surface area contributed by atoms with Crippen LogP contribution in [0.3, 0.4) is 0 Å². The second-order valence-corrected chi connectivity index (χ2v) is 7.94. The Balaban J connectivity index is 1.31. The molecule has 0 saturated carbocycles. The van der Waals surface area contributed by atoms with Gasteiger partial charge >= 0.3 is 0 Å². The van der Waals surface area contributed by atoms with Crippen molar-refractivity contribution in [1.29, 1.82) is 5.26 Å². The highest BCUT2D eigenvalue weighted by molar-refractivity contribution is 5.85. The van der Waals surface area contributed by atoms with Crippen LogP contribution in [0.2, 0.25) is 0 Å². The number of halogens is 2. The Kier molecular flexibility index (Phi) is 5.36. The van der Waals surface area contributed by atoms with Crippen molar-refractivity contribution in [3.63, 3.8) is 0 Å². The monoisotopic (exact) mass is 446 g/mol. The zero-order chi connectivity index (χ0) is 22.9.